The number of nitrogens with zero attached hydrogens (tertiary/aromatic N) is 1. The van der Waals surface area contributed by atoms with Crippen LogP contribution < -0.4 is 0 Å². The number of hydrogen-bond acceptors (Lipinski definition) is 1. The van der Waals surface area contributed by atoms with E-state index >= 15 is 0 Å². The number of benzene rings is 1. The lowest BCUT2D eigenvalue weighted by Crippen LogP contribution is -2.47. The molecule has 1 aliphatic heterocycles. The summed E-state index contributed by atoms with van der Waals surface area (Å²) in [7, 11) is 0. The van der Waals surface area contributed by atoms with Crippen molar-refractivity contribution in [1.82, 2.24) is 4.90 Å². The van der Waals surface area contributed by atoms with Crippen LogP contribution in [0, 0.1) is 17.3 Å². The minimum absolute atomic E-state index is 0.528. The van der Waals surface area contributed by atoms with Crippen molar-refractivity contribution in [3.05, 3.63) is 35.4 Å². The first-order valence-corrected chi connectivity index (χ1v) is 10.6. The SMILES string of the molecule is c1ccc2c(c1)CCCC21CCN(C2C[C@@H]3CC[C@@H]4CC43C2)CC1. The number of aryl methyl sites for hydroxylation is 1. The van der Waals surface area contributed by atoms with Gasteiger partial charge in [0.1, 0.15) is 0 Å². The topological polar surface area (TPSA) is 3.24 Å². The van der Waals surface area contributed by atoms with E-state index in [1.165, 1.54) is 45.2 Å². The molecule has 2 unspecified atom stereocenters. The summed E-state index contributed by atoms with van der Waals surface area (Å²) in [5.41, 5.74) is 4.77. The van der Waals surface area contributed by atoms with Gasteiger partial charge in [-0.2, -0.15) is 0 Å². The molecule has 0 bridgehead atoms. The van der Waals surface area contributed by atoms with Gasteiger partial charge in [-0.1, -0.05) is 24.3 Å². The maximum absolute atomic E-state index is 2.92. The Bertz CT molecular complexity index is 656. The maximum Gasteiger partial charge on any atom is 0.0104 e. The fourth-order valence-electron chi connectivity index (χ4n) is 7.72. The van der Waals surface area contributed by atoms with Crippen LogP contribution in [0.15, 0.2) is 24.3 Å². The molecule has 1 aromatic carbocycles. The van der Waals surface area contributed by atoms with E-state index in [0.29, 0.717) is 5.41 Å². The Morgan fingerprint density at radius 3 is 2.58 bits per heavy atom. The molecule has 5 aliphatic rings. The van der Waals surface area contributed by atoms with E-state index in [-0.39, 0.29) is 0 Å². The van der Waals surface area contributed by atoms with E-state index in [1.807, 2.05) is 0 Å². The van der Waals surface area contributed by atoms with Gasteiger partial charge in [0.2, 0.25) is 0 Å². The zero-order chi connectivity index (χ0) is 15.8. The minimum Gasteiger partial charge on any atom is -0.300 e. The summed E-state index contributed by atoms with van der Waals surface area (Å²) in [5, 5.41) is 0. The van der Waals surface area contributed by atoms with Gasteiger partial charge in [0, 0.05) is 6.04 Å². The van der Waals surface area contributed by atoms with E-state index in [1.54, 1.807) is 43.2 Å². The number of likely N-dealkylation sites (tertiary alicyclic amines) is 1. The summed E-state index contributed by atoms with van der Waals surface area (Å²) in [5.74, 6) is 2.26. The van der Waals surface area contributed by atoms with Crippen molar-refractivity contribution in [2.24, 2.45) is 17.3 Å². The summed E-state index contributed by atoms with van der Waals surface area (Å²) < 4.78 is 0. The normalized spacial score (nSPS) is 42.6. The first kappa shape index (κ1) is 14.4. The molecular formula is C23H31N. The van der Waals surface area contributed by atoms with Crippen molar-refractivity contribution >= 4 is 0 Å². The monoisotopic (exact) mass is 321 g/mol. The molecule has 0 amide bonds. The number of piperidine rings is 1. The highest BCUT2D eigenvalue weighted by atomic mass is 15.2. The molecule has 1 aromatic rings. The largest absolute Gasteiger partial charge is 0.300 e. The molecule has 1 heterocycles. The predicted octanol–water partition coefficient (Wildman–Crippen LogP) is 4.94. The van der Waals surface area contributed by atoms with Gasteiger partial charge in [0.15, 0.2) is 0 Å². The average molecular weight is 322 g/mol. The fraction of sp³-hybridized carbons (Fsp3) is 0.739. The third-order valence-corrected chi connectivity index (χ3v) is 9.09. The Morgan fingerprint density at radius 1 is 0.917 bits per heavy atom. The second kappa shape index (κ2) is 4.87. The van der Waals surface area contributed by atoms with Gasteiger partial charge in [0.05, 0.1) is 0 Å². The van der Waals surface area contributed by atoms with E-state index in [9.17, 15) is 0 Å². The lowest BCUT2D eigenvalue weighted by Gasteiger charge is -2.47. The van der Waals surface area contributed by atoms with Crippen molar-refractivity contribution in [1.29, 1.82) is 0 Å². The molecule has 128 valence electrons. The van der Waals surface area contributed by atoms with E-state index in [2.05, 4.69) is 29.2 Å². The van der Waals surface area contributed by atoms with Crippen LogP contribution in [0.3, 0.4) is 0 Å². The third kappa shape index (κ3) is 1.86. The van der Waals surface area contributed by atoms with Crippen LogP contribution in [0.2, 0.25) is 0 Å². The zero-order valence-corrected chi connectivity index (χ0v) is 15.0. The summed E-state index contributed by atoms with van der Waals surface area (Å²) in [6.45, 7) is 2.74. The zero-order valence-electron chi connectivity index (χ0n) is 15.0. The Labute approximate surface area is 146 Å². The molecule has 4 aliphatic carbocycles. The van der Waals surface area contributed by atoms with Crippen LogP contribution in [0.4, 0.5) is 0 Å². The lowest BCUT2D eigenvalue weighted by molar-refractivity contribution is 0.102. The van der Waals surface area contributed by atoms with Crippen molar-refractivity contribution in [2.75, 3.05) is 13.1 Å². The molecule has 4 fully saturated rings. The molecule has 4 atom stereocenters. The molecule has 1 heteroatoms. The highest BCUT2D eigenvalue weighted by molar-refractivity contribution is 5.37. The number of hydrogen-bond donors (Lipinski definition) is 0. The van der Waals surface area contributed by atoms with Gasteiger partial charge in [-0.25, -0.2) is 0 Å². The standard InChI is InChI=1S/C23H31N/c1-2-6-21-17(4-1)5-3-9-22(21)10-12-24(13-11-22)20-14-18-7-8-19-15-23(18,19)16-20/h1-2,4,6,18-20H,3,5,7-16H2/t18-,19+,20?,23?/m0/s1. The molecular weight excluding hydrogens is 290 g/mol. The second-order valence-corrected chi connectivity index (χ2v) is 9.83. The third-order valence-electron chi connectivity index (χ3n) is 9.09. The number of fused-ring (bicyclic) bond motifs is 2. The second-order valence-electron chi connectivity index (χ2n) is 9.83. The summed E-state index contributed by atoms with van der Waals surface area (Å²) >= 11 is 0. The van der Waals surface area contributed by atoms with Crippen LogP contribution in [0.1, 0.15) is 68.9 Å². The molecule has 2 spiro atoms. The van der Waals surface area contributed by atoms with Crippen molar-refractivity contribution in [3.63, 3.8) is 0 Å². The van der Waals surface area contributed by atoms with Gasteiger partial charge >= 0.3 is 0 Å². The van der Waals surface area contributed by atoms with Crippen LogP contribution in [-0.2, 0) is 11.8 Å². The van der Waals surface area contributed by atoms with E-state index < -0.39 is 0 Å². The Morgan fingerprint density at radius 2 is 1.75 bits per heavy atom. The summed E-state index contributed by atoms with van der Waals surface area (Å²) in [6.07, 6.45) is 14.8. The predicted molar refractivity (Wildman–Crippen MR) is 98.2 cm³/mol. The molecule has 24 heavy (non-hydrogen) atoms. The van der Waals surface area contributed by atoms with E-state index in [4.69, 9.17) is 0 Å². The molecule has 0 aromatic heterocycles. The van der Waals surface area contributed by atoms with Crippen molar-refractivity contribution < 1.29 is 0 Å². The van der Waals surface area contributed by atoms with Gasteiger partial charge < -0.3 is 4.90 Å². The van der Waals surface area contributed by atoms with Crippen LogP contribution in [0.25, 0.3) is 0 Å². The molecule has 1 saturated heterocycles. The first-order valence-electron chi connectivity index (χ1n) is 10.6. The van der Waals surface area contributed by atoms with Gasteiger partial charge in [0.25, 0.3) is 0 Å². The number of rotatable bonds is 1. The fourth-order valence-corrected chi connectivity index (χ4v) is 7.72. The Balaban J connectivity index is 1.19. The molecule has 0 N–H and O–H groups in total. The minimum atomic E-state index is 0.528. The van der Waals surface area contributed by atoms with Crippen molar-refractivity contribution in [2.45, 2.75) is 75.7 Å². The first-order chi connectivity index (χ1) is 11.8. The highest BCUT2D eigenvalue weighted by Gasteiger charge is 2.66. The Kier molecular flexibility index (Phi) is 2.92. The lowest BCUT2D eigenvalue weighted by atomic mass is 9.64. The smallest absolute Gasteiger partial charge is 0.0104 e. The van der Waals surface area contributed by atoms with E-state index in [0.717, 1.165) is 23.3 Å². The quantitative estimate of drug-likeness (QED) is 0.708. The van der Waals surface area contributed by atoms with Gasteiger partial charge in [-0.3, -0.25) is 0 Å². The average Bonchev–Trinajstić information content (AvgIpc) is 3.02. The highest BCUT2D eigenvalue weighted by Crippen LogP contribution is 2.73. The summed E-state index contributed by atoms with van der Waals surface area (Å²) in [4.78, 5) is 2.92. The molecule has 6 rings (SSSR count). The van der Waals surface area contributed by atoms with Crippen LogP contribution in [-0.4, -0.2) is 24.0 Å². The molecule has 0 radical (unpaired) electrons. The van der Waals surface area contributed by atoms with Gasteiger partial charge in [-0.15, -0.1) is 0 Å². The van der Waals surface area contributed by atoms with Crippen LogP contribution >= 0.6 is 0 Å². The van der Waals surface area contributed by atoms with Crippen LogP contribution in [0.5, 0.6) is 0 Å². The van der Waals surface area contributed by atoms with Crippen molar-refractivity contribution in [3.8, 4) is 0 Å². The summed E-state index contributed by atoms with van der Waals surface area (Å²) in [6, 6.07) is 10.3. The Hall–Kier alpha value is -0.820. The molecule has 3 saturated carbocycles. The van der Waals surface area contributed by atoms with Gasteiger partial charge in [-0.05, 0) is 111 Å². The maximum atomic E-state index is 2.92. The molecule has 1 nitrogen and oxygen atoms in total.